The number of fused-ring (bicyclic) bond motifs is 1. The quantitative estimate of drug-likeness (QED) is 0.101. The molecule has 4 aromatic rings. The highest BCUT2D eigenvalue weighted by Gasteiger charge is 2.57. The molecular formula is C41H48N4O12. The predicted octanol–water partition coefficient (Wildman–Crippen LogP) is 2.96. The first kappa shape index (κ1) is 41.3. The number of ether oxygens (including phenoxy) is 3. The van der Waals surface area contributed by atoms with Crippen molar-refractivity contribution < 1.29 is 58.9 Å². The minimum absolute atomic E-state index is 0.0323. The predicted molar refractivity (Wildman–Crippen MR) is 205 cm³/mol. The Morgan fingerprint density at radius 1 is 0.930 bits per heavy atom. The van der Waals surface area contributed by atoms with Crippen LogP contribution < -0.4 is 16.0 Å². The summed E-state index contributed by atoms with van der Waals surface area (Å²) in [6.07, 6.45) is -8.04. The first-order valence-electron chi connectivity index (χ1n) is 18.5. The lowest BCUT2D eigenvalue weighted by Gasteiger charge is -2.48. The van der Waals surface area contributed by atoms with E-state index >= 15 is 0 Å². The Bertz CT molecular complexity index is 2150. The van der Waals surface area contributed by atoms with E-state index in [1.807, 2.05) is 12.1 Å². The molecular weight excluding hydrogens is 740 g/mol. The maximum absolute atomic E-state index is 13.2. The molecule has 2 saturated heterocycles. The summed E-state index contributed by atoms with van der Waals surface area (Å²) < 4.78 is 18.7. The van der Waals surface area contributed by atoms with E-state index in [0.29, 0.717) is 27.9 Å². The fraction of sp³-hybridized carbons (Fsp3) is 0.415. The van der Waals surface area contributed by atoms with Gasteiger partial charge in [0.05, 0.1) is 24.4 Å². The first-order valence-corrected chi connectivity index (χ1v) is 18.5. The van der Waals surface area contributed by atoms with Crippen LogP contribution in [0.3, 0.4) is 0 Å². The fourth-order valence-electron chi connectivity index (χ4n) is 7.62. The molecule has 3 amide bonds. The molecule has 16 heteroatoms. The van der Waals surface area contributed by atoms with Gasteiger partial charge >= 0.3 is 5.97 Å². The van der Waals surface area contributed by atoms with Crippen LogP contribution in [0.15, 0.2) is 66.9 Å². The number of carbonyl (C=O) groups is 4. The average Bonchev–Trinajstić information content (AvgIpc) is 3.75. The molecule has 2 aliphatic rings. The summed E-state index contributed by atoms with van der Waals surface area (Å²) in [6.45, 7) is 7.19. The van der Waals surface area contributed by atoms with Crippen molar-refractivity contribution in [3.8, 4) is 5.75 Å². The molecule has 0 bridgehead atoms. The third-order valence-electron chi connectivity index (χ3n) is 10.4. The second kappa shape index (κ2) is 16.2. The van der Waals surface area contributed by atoms with Crippen LogP contribution >= 0.6 is 0 Å². The number of phenols is 1. The Morgan fingerprint density at radius 3 is 2.33 bits per heavy atom. The van der Waals surface area contributed by atoms with Gasteiger partial charge < -0.3 is 60.7 Å². The highest BCUT2D eigenvalue weighted by Crippen LogP contribution is 2.45. The number of carbonyl (C=O) groups excluding carboxylic acids is 3. The van der Waals surface area contributed by atoms with Gasteiger partial charge in [-0.2, -0.15) is 0 Å². The minimum atomic E-state index is -2.24. The van der Waals surface area contributed by atoms with E-state index in [0.717, 1.165) is 10.9 Å². The van der Waals surface area contributed by atoms with Gasteiger partial charge in [-0.05, 0) is 92.2 Å². The van der Waals surface area contributed by atoms with E-state index in [-0.39, 0.29) is 17.2 Å². The van der Waals surface area contributed by atoms with Crippen LogP contribution in [0.2, 0.25) is 0 Å². The number of amides is 3. The molecule has 8 atom stereocenters. The van der Waals surface area contributed by atoms with Gasteiger partial charge in [-0.1, -0.05) is 18.2 Å². The largest absolute Gasteiger partial charge is 0.507 e. The van der Waals surface area contributed by atoms with Gasteiger partial charge in [0.1, 0.15) is 24.1 Å². The molecule has 1 aromatic heterocycles. The molecule has 1 unspecified atom stereocenters. The Morgan fingerprint density at radius 2 is 1.65 bits per heavy atom. The standard InChI is InChI=1S/C41H48N4O12/c1-20-13-26(14-21(2)33(20)49)37(51)43-19-30(48)34(50)36-32(44-22(3)46)29(47)17-41(57-36,39(53)54)18-31-35(56-40(4,5)55-31)24-7-6-8-27(15-24)45-38(52)25-10-9-23-11-12-42-28(23)16-25/h6-16,29-32,34-36,42,47-50H,17-19H2,1-5H3,(H,43,51)(H,44,46)(H,45,52)(H,53,54)/t29-,30+,31?,32+,34+,35-,36+,41-/m0/s1. The van der Waals surface area contributed by atoms with E-state index < -0.39 is 91.2 Å². The van der Waals surface area contributed by atoms with Gasteiger partial charge in [0.2, 0.25) is 5.91 Å². The number of aliphatic hydroxyl groups excluding tert-OH is 3. The topological polar surface area (TPSA) is 249 Å². The van der Waals surface area contributed by atoms with Crippen molar-refractivity contribution in [1.82, 2.24) is 15.6 Å². The van der Waals surface area contributed by atoms with E-state index in [2.05, 4.69) is 20.9 Å². The first-order chi connectivity index (χ1) is 26.9. The zero-order chi connectivity index (χ0) is 41.4. The summed E-state index contributed by atoms with van der Waals surface area (Å²) in [6, 6.07) is 15.5. The highest BCUT2D eigenvalue weighted by molar-refractivity contribution is 6.06. The zero-order valence-corrected chi connectivity index (χ0v) is 32.1. The van der Waals surface area contributed by atoms with E-state index in [1.54, 1.807) is 70.3 Å². The second-order valence-corrected chi connectivity index (χ2v) is 15.3. The molecule has 2 fully saturated rings. The number of hydrogen-bond acceptors (Lipinski definition) is 11. The average molecular weight is 789 g/mol. The molecule has 0 aliphatic carbocycles. The number of aliphatic carboxylic acids is 1. The third-order valence-corrected chi connectivity index (χ3v) is 10.4. The molecule has 0 spiro atoms. The van der Waals surface area contributed by atoms with E-state index in [4.69, 9.17) is 14.2 Å². The summed E-state index contributed by atoms with van der Waals surface area (Å²) >= 11 is 0. The minimum Gasteiger partial charge on any atom is -0.507 e. The van der Waals surface area contributed by atoms with Gasteiger partial charge in [-0.3, -0.25) is 14.4 Å². The molecule has 0 saturated carbocycles. The van der Waals surface area contributed by atoms with Crippen molar-refractivity contribution in [2.24, 2.45) is 0 Å². The lowest BCUT2D eigenvalue weighted by Crippen LogP contribution is -2.68. The van der Waals surface area contributed by atoms with Crippen LogP contribution in [0.5, 0.6) is 5.75 Å². The Hall–Kier alpha value is -5.36. The van der Waals surface area contributed by atoms with Crippen molar-refractivity contribution in [3.05, 3.63) is 94.7 Å². The number of hydrogen-bond donors (Lipinski definition) is 9. The number of H-pyrrole nitrogens is 1. The number of phenolic OH excluding ortho intramolecular Hbond substituents is 1. The van der Waals surface area contributed by atoms with E-state index in [1.165, 1.54) is 19.1 Å². The molecule has 9 N–H and O–H groups in total. The number of carboxylic acid groups (broad SMARTS) is 1. The number of rotatable bonds is 12. The summed E-state index contributed by atoms with van der Waals surface area (Å²) in [5, 5.41) is 63.7. The molecule has 3 aromatic carbocycles. The number of aromatic hydroxyl groups is 1. The van der Waals surface area contributed by atoms with Crippen LogP contribution in [0.25, 0.3) is 10.9 Å². The molecule has 16 nitrogen and oxygen atoms in total. The number of aromatic amines is 1. The Kier molecular flexibility index (Phi) is 11.8. The maximum atomic E-state index is 13.2. The molecule has 304 valence electrons. The molecule has 0 radical (unpaired) electrons. The second-order valence-electron chi connectivity index (χ2n) is 15.3. The number of aryl methyl sites for hydroxylation is 2. The number of aromatic nitrogens is 1. The van der Waals surface area contributed by atoms with Crippen LogP contribution in [0.1, 0.15) is 77.1 Å². The fourth-order valence-corrected chi connectivity index (χ4v) is 7.62. The van der Waals surface area contributed by atoms with Crippen molar-refractivity contribution >= 4 is 40.3 Å². The van der Waals surface area contributed by atoms with Gasteiger partial charge in [-0.25, -0.2) is 4.79 Å². The molecule has 57 heavy (non-hydrogen) atoms. The normalized spacial score (nSPS) is 25.4. The number of anilines is 1. The Balaban J connectivity index is 1.22. The lowest BCUT2D eigenvalue weighted by atomic mass is 9.79. The third kappa shape index (κ3) is 8.96. The van der Waals surface area contributed by atoms with Crippen molar-refractivity contribution in [3.63, 3.8) is 0 Å². The molecule has 6 rings (SSSR count). The van der Waals surface area contributed by atoms with E-state index in [9.17, 15) is 44.7 Å². The number of aliphatic hydroxyl groups is 3. The van der Waals surface area contributed by atoms with Crippen molar-refractivity contribution in [1.29, 1.82) is 0 Å². The molecule has 2 aliphatic heterocycles. The van der Waals surface area contributed by atoms with Crippen LogP contribution in [-0.4, -0.2) is 109 Å². The highest BCUT2D eigenvalue weighted by atomic mass is 16.8. The van der Waals surface area contributed by atoms with Gasteiger partial charge in [-0.15, -0.1) is 0 Å². The number of benzene rings is 3. The van der Waals surface area contributed by atoms with Gasteiger partial charge in [0.15, 0.2) is 11.4 Å². The van der Waals surface area contributed by atoms with Crippen molar-refractivity contribution in [2.75, 3.05) is 11.9 Å². The van der Waals surface area contributed by atoms with Gasteiger partial charge in [0, 0.05) is 54.8 Å². The number of nitrogens with one attached hydrogen (secondary N) is 4. The summed E-state index contributed by atoms with van der Waals surface area (Å²) in [5.41, 5.74) is 1.07. The zero-order valence-electron chi connectivity index (χ0n) is 32.1. The van der Waals surface area contributed by atoms with Crippen molar-refractivity contribution in [2.45, 2.75) is 102 Å². The maximum Gasteiger partial charge on any atom is 0.336 e. The summed E-state index contributed by atoms with van der Waals surface area (Å²) in [5.74, 6) is -4.28. The smallest absolute Gasteiger partial charge is 0.336 e. The molecule has 3 heterocycles. The van der Waals surface area contributed by atoms with Crippen LogP contribution in [0.4, 0.5) is 5.69 Å². The van der Waals surface area contributed by atoms with Crippen LogP contribution in [0, 0.1) is 13.8 Å². The Labute approximate surface area is 328 Å². The monoisotopic (exact) mass is 788 g/mol. The summed E-state index contributed by atoms with van der Waals surface area (Å²) in [7, 11) is 0. The number of carboxylic acids is 1. The SMILES string of the molecule is CC(=O)N[C@H]1[C@H]([C@H](O)[C@H](O)CNC(=O)c2cc(C)c(O)c(C)c2)O[C@@](CC2OC(C)(C)O[C@H]2c2cccc(NC(=O)c3ccc4cc[nH]c4c3)c2)(C(=O)O)C[C@@H]1O. The van der Waals surface area contributed by atoms with Crippen LogP contribution in [-0.2, 0) is 23.8 Å². The summed E-state index contributed by atoms with van der Waals surface area (Å²) in [4.78, 5) is 54.7. The lowest BCUT2D eigenvalue weighted by molar-refractivity contribution is -0.236. The van der Waals surface area contributed by atoms with Gasteiger partial charge in [0.25, 0.3) is 11.8 Å².